The van der Waals surface area contributed by atoms with E-state index in [2.05, 4.69) is 10.2 Å². The summed E-state index contributed by atoms with van der Waals surface area (Å²) in [4.78, 5) is 21.3. The van der Waals surface area contributed by atoms with Crippen molar-refractivity contribution in [2.24, 2.45) is 0 Å². The number of hydrogen-bond donors (Lipinski definition) is 2. The van der Waals surface area contributed by atoms with Gasteiger partial charge in [0.15, 0.2) is 0 Å². The maximum atomic E-state index is 14.1. The van der Waals surface area contributed by atoms with Crippen LogP contribution in [0.5, 0.6) is 0 Å². The predicted octanol–water partition coefficient (Wildman–Crippen LogP) is 5.20. The standard InChI is InChI=1S/C30H30N4O2/c35-26(19-12-20-31-24-15-6-2-7-16-24)27-29(33-21-10-11-22-33)32-28(23-13-4-1-5-14-23)34(30(27)36)25-17-8-3-9-18-25/h1-9,12-19,26,31,35H,10-11,20-22H2/b19-12-. The Hall–Kier alpha value is -4.16. The average molecular weight is 479 g/mol. The van der Waals surface area contributed by atoms with E-state index in [-0.39, 0.29) is 5.56 Å². The van der Waals surface area contributed by atoms with Crippen LogP contribution in [0.4, 0.5) is 11.5 Å². The first-order valence-electron chi connectivity index (χ1n) is 12.4. The van der Waals surface area contributed by atoms with Crippen molar-refractivity contribution in [3.05, 3.63) is 119 Å². The van der Waals surface area contributed by atoms with E-state index < -0.39 is 6.10 Å². The number of aliphatic hydroxyl groups excluding tert-OH is 1. The van der Waals surface area contributed by atoms with Gasteiger partial charge in [0.2, 0.25) is 0 Å². The number of aliphatic hydroxyl groups is 1. The number of hydrogen-bond acceptors (Lipinski definition) is 5. The zero-order valence-electron chi connectivity index (χ0n) is 20.1. The summed E-state index contributed by atoms with van der Waals surface area (Å²) in [5, 5.41) is 14.6. The molecule has 1 aromatic heterocycles. The van der Waals surface area contributed by atoms with Crippen LogP contribution in [0.15, 0.2) is 108 Å². The molecule has 0 spiro atoms. The summed E-state index contributed by atoms with van der Waals surface area (Å²) in [6, 6.07) is 29.1. The smallest absolute Gasteiger partial charge is 0.266 e. The van der Waals surface area contributed by atoms with Crippen LogP contribution in [0.25, 0.3) is 17.1 Å². The quantitative estimate of drug-likeness (QED) is 0.341. The van der Waals surface area contributed by atoms with Crippen LogP contribution in [0.3, 0.4) is 0 Å². The average Bonchev–Trinajstić information content (AvgIpc) is 3.47. The van der Waals surface area contributed by atoms with Gasteiger partial charge in [-0.15, -0.1) is 0 Å². The molecule has 182 valence electrons. The molecule has 3 aromatic carbocycles. The number of aromatic nitrogens is 2. The Kier molecular flexibility index (Phi) is 7.24. The van der Waals surface area contributed by atoms with Crippen molar-refractivity contribution < 1.29 is 5.11 Å². The first-order valence-corrected chi connectivity index (χ1v) is 12.4. The lowest BCUT2D eigenvalue weighted by atomic mass is 10.1. The summed E-state index contributed by atoms with van der Waals surface area (Å²) in [6.45, 7) is 2.16. The largest absolute Gasteiger partial charge is 0.384 e. The van der Waals surface area contributed by atoms with E-state index in [9.17, 15) is 9.90 Å². The van der Waals surface area contributed by atoms with Crippen molar-refractivity contribution in [1.82, 2.24) is 9.55 Å². The fraction of sp³-hybridized carbons (Fsp3) is 0.200. The van der Waals surface area contributed by atoms with Crippen LogP contribution >= 0.6 is 0 Å². The van der Waals surface area contributed by atoms with Gasteiger partial charge >= 0.3 is 0 Å². The molecule has 1 aliphatic heterocycles. The van der Waals surface area contributed by atoms with Crippen molar-refractivity contribution in [1.29, 1.82) is 0 Å². The molecule has 5 rings (SSSR count). The second-order valence-electron chi connectivity index (χ2n) is 8.83. The monoisotopic (exact) mass is 478 g/mol. The molecule has 1 fully saturated rings. The van der Waals surface area contributed by atoms with Gasteiger partial charge in [0.05, 0.1) is 11.3 Å². The highest BCUT2D eigenvalue weighted by molar-refractivity contribution is 5.63. The Morgan fingerprint density at radius 3 is 2.17 bits per heavy atom. The summed E-state index contributed by atoms with van der Waals surface area (Å²) >= 11 is 0. The highest BCUT2D eigenvalue weighted by Gasteiger charge is 2.27. The Balaban J connectivity index is 1.59. The third-order valence-corrected chi connectivity index (χ3v) is 6.36. The van der Waals surface area contributed by atoms with E-state index in [4.69, 9.17) is 4.98 Å². The molecule has 0 aliphatic carbocycles. The van der Waals surface area contributed by atoms with Gasteiger partial charge in [0.25, 0.3) is 5.56 Å². The topological polar surface area (TPSA) is 70.4 Å². The first-order chi connectivity index (χ1) is 17.7. The summed E-state index contributed by atoms with van der Waals surface area (Å²) in [5.41, 5.74) is 2.60. The van der Waals surface area contributed by atoms with Crippen LogP contribution < -0.4 is 15.8 Å². The molecule has 1 saturated heterocycles. The van der Waals surface area contributed by atoms with Crippen molar-refractivity contribution in [3.63, 3.8) is 0 Å². The summed E-state index contributed by atoms with van der Waals surface area (Å²) in [7, 11) is 0. The second kappa shape index (κ2) is 11.1. The molecule has 1 atom stereocenters. The number of anilines is 2. The number of benzene rings is 3. The molecular formula is C30H30N4O2. The number of para-hydroxylation sites is 2. The van der Waals surface area contributed by atoms with E-state index in [0.717, 1.165) is 37.2 Å². The van der Waals surface area contributed by atoms with Crippen molar-refractivity contribution >= 4 is 11.5 Å². The van der Waals surface area contributed by atoms with Gasteiger partial charge in [-0.1, -0.05) is 78.9 Å². The van der Waals surface area contributed by atoms with Gasteiger partial charge in [-0.2, -0.15) is 0 Å². The van der Waals surface area contributed by atoms with E-state index in [1.165, 1.54) is 0 Å². The minimum atomic E-state index is -1.09. The van der Waals surface area contributed by atoms with Gasteiger partial charge in [-0.25, -0.2) is 4.98 Å². The van der Waals surface area contributed by atoms with Crippen molar-refractivity contribution in [3.8, 4) is 17.1 Å². The summed E-state index contributed by atoms with van der Waals surface area (Å²) in [5.74, 6) is 1.14. The van der Waals surface area contributed by atoms with Gasteiger partial charge in [-0.05, 0) is 37.1 Å². The summed E-state index contributed by atoms with van der Waals surface area (Å²) < 4.78 is 1.61. The van der Waals surface area contributed by atoms with Crippen LogP contribution in [0.2, 0.25) is 0 Å². The molecule has 0 bridgehead atoms. The minimum Gasteiger partial charge on any atom is -0.384 e. The number of rotatable bonds is 8. The van der Waals surface area contributed by atoms with Crippen molar-refractivity contribution in [2.75, 3.05) is 29.9 Å². The third-order valence-electron chi connectivity index (χ3n) is 6.36. The maximum Gasteiger partial charge on any atom is 0.266 e. The van der Waals surface area contributed by atoms with E-state index in [0.29, 0.717) is 29.4 Å². The van der Waals surface area contributed by atoms with Gasteiger partial charge in [-0.3, -0.25) is 9.36 Å². The van der Waals surface area contributed by atoms with Crippen molar-refractivity contribution in [2.45, 2.75) is 18.9 Å². The Bertz CT molecular complexity index is 1360. The first kappa shape index (κ1) is 23.6. The summed E-state index contributed by atoms with van der Waals surface area (Å²) in [6.07, 6.45) is 4.51. The van der Waals surface area contributed by atoms with E-state index in [1.807, 2.05) is 97.1 Å². The van der Waals surface area contributed by atoms with E-state index >= 15 is 0 Å². The molecule has 4 aromatic rings. The minimum absolute atomic E-state index is 0.259. The predicted molar refractivity (Wildman–Crippen MR) is 146 cm³/mol. The fourth-order valence-electron chi connectivity index (χ4n) is 4.58. The molecule has 36 heavy (non-hydrogen) atoms. The molecule has 0 amide bonds. The highest BCUT2D eigenvalue weighted by atomic mass is 16.3. The molecule has 0 radical (unpaired) electrons. The van der Waals surface area contributed by atoms with Gasteiger partial charge < -0.3 is 15.3 Å². The Morgan fingerprint density at radius 2 is 1.50 bits per heavy atom. The van der Waals surface area contributed by atoms with E-state index in [1.54, 1.807) is 10.6 Å². The van der Waals surface area contributed by atoms with Crippen LogP contribution in [-0.4, -0.2) is 34.3 Å². The Morgan fingerprint density at radius 1 is 0.889 bits per heavy atom. The normalized spacial score (nSPS) is 14.3. The molecule has 2 heterocycles. The number of nitrogens with zero attached hydrogens (tertiary/aromatic N) is 3. The lowest BCUT2D eigenvalue weighted by molar-refractivity contribution is 0.226. The molecule has 1 unspecified atom stereocenters. The van der Waals surface area contributed by atoms with Crippen LogP contribution in [0.1, 0.15) is 24.5 Å². The molecule has 6 nitrogen and oxygen atoms in total. The lowest BCUT2D eigenvalue weighted by Gasteiger charge is -2.24. The number of nitrogens with one attached hydrogen (secondary N) is 1. The molecular weight excluding hydrogens is 448 g/mol. The fourth-order valence-corrected chi connectivity index (χ4v) is 4.58. The van der Waals surface area contributed by atoms with Crippen LogP contribution in [0, 0.1) is 0 Å². The molecule has 2 N–H and O–H groups in total. The van der Waals surface area contributed by atoms with Gasteiger partial charge in [0.1, 0.15) is 17.7 Å². The molecule has 1 aliphatic rings. The zero-order valence-corrected chi connectivity index (χ0v) is 20.1. The second-order valence-corrected chi connectivity index (χ2v) is 8.83. The Labute approximate surface area is 211 Å². The maximum absolute atomic E-state index is 14.1. The zero-order chi connectivity index (χ0) is 24.7. The molecule has 6 heteroatoms. The highest BCUT2D eigenvalue weighted by Crippen LogP contribution is 2.30. The SMILES string of the molecule is O=c1c(C(O)/C=C\CNc2ccccc2)c(N2CCCC2)nc(-c2ccccc2)n1-c1ccccc1. The lowest BCUT2D eigenvalue weighted by Crippen LogP contribution is -2.32. The van der Waals surface area contributed by atoms with Gasteiger partial charge in [0, 0.05) is 30.9 Å². The molecule has 0 saturated carbocycles. The van der Waals surface area contributed by atoms with Crippen LogP contribution in [-0.2, 0) is 0 Å². The third kappa shape index (κ3) is 5.09.